The van der Waals surface area contributed by atoms with Gasteiger partial charge in [0.05, 0.1) is 17.6 Å². The first-order valence-electron chi connectivity index (χ1n) is 7.71. The predicted octanol–water partition coefficient (Wildman–Crippen LogP) is 3.41. The predicted molar refractivity (Wildman–Crippen MR) is 101 cm³/mol. The Labute approximate surface area is 146 Å². The summed E-state index contributed by atoms with van der Waals surface area (Å²) >= 11 is 0. The molecule has 0 bridgehead atoms. The van der Waals surface area contributed by atoms with E-state index in [-0.39, 0.29) is 5.91 Å². The molecule has 1 amide bonds. The molecule has 0 atom stereocenters. The molecule has 1 aromatic heterocycles. The Morgan fingerprint density at radius 2 is 1.72 bits per heavy atom. The third kappa shape index (κ3) is 3.83. The molecule has 130 valence electrons. The van der Waals surface area contributed by atoms with Crippen molar-refractivity contribution in [2.24, 2.45) is 0 Å². The molecule has 0 aliphatic rings. The van der Waals surface area contributed by atoms with Gasteiger partial charge in [-0.3, -0.25) is 9.52 Å². The largest absolute Gasteiger partial charge is 0.351 e. The number of carbonyl (C=O) groups excluding carboxylic acids is 1. The zero-order chi connectivity index (χ0) is 18.2. The average molecular weight is 357 g/mol. The molecule has 2 aromatic carbocycles. The van der Waals surface area contributed by atoms with E-state index in [2.05, 4.69) is 21.1 Å². The molecule has 0 radical (unpaired) electrons. The summed E-state index contributed by atoms with van der Waals surface area (Å²) in [4.78, 5) is 15.7. The van der Waals surface area contributed by atoms with Crippen LogP contribution in [0.1, 0.15) is 21.6 Å². The monoisotopic (exact) mass is 357 g/mol. The maximum absolute atomic E-state index is 12.6. The molecule has 25 heavy (non-hydrogen) atoms. The summed E-state index contributed by atoms with van der Waals surface area (Å²) in [5.74, 6) is -0.337. The molecule has 1 heterocycles. The second kappa shape index (κ2) is 6.25. The van der Waals surface area contributed by atoms with Gasteiger partial charge in [-0.2, -0.15) is 0 Å². The van der Waals surface area contributed by atoms with Crippen LogP contribution in [0.5, 0.6) is 0 Å². The summed E-state index contributed by atoms with van der Waals surface area (Å²) in [5, 5.41) is 3.73. The Balaban J connectivity index is 1.92. The molecule has 3 rings (SSSR count). The number of aryl methyl sites for hydroxylation is 2. The minimum Gasteiger partial charge on any atom is -0.351 e. The van der Waals surface area contributed by atoms with Gasteiger partial charge in [-0.25, -0.2) is 8.42 Å². The summed E-state index contributed by atoms with van der Waals surface area (Å²) in [6.45, 7) is 4.00. The molecule has 0 spiro atoms. The van der Waals surface area contributed by atoms with Gasteiger partial charge < -0.3 is 10.3 Å². The lowest BCUT2D eigenvalue weighted by atomic mass is 10.1. The molecule has 6 nitrogen and oxygen atoms in total. The lowest BCUT2D eigenvalue weighted by molar-refractivity contribution is 0.102. The van der Waals surface area contributed by atoms with Crippen LogP contribution in [-0.2, 0) is 10.0 Å². The number of aromatic amines is 1. The minimum atomic E-state index is -3.44. The fourth-order valence-corrected chi connectivity index (χ4v) is 3.37. The number of nitrogens with one attached hydrogen (secondary N) is 3. The number of rotatable bonds is 4. The van der Waals surface area contributed by atoms with Crippen LogP contribution in [0, 0.1) is 13.8 Å². The van der Waals surface area contributed by atoms with Gasteiger partial charge in [0.1, 0.15) is 5.69 Å². The van der Waals surface area contributed by atoms with Gasteiger partial charge >= 0.3 is 0 Å². The summed E-state index contributed by atoms with van der Waals surface area (Å²) in [5.41, 5.74) is 4.22. The van der Waals surface area contributed by atoms with Crippen LogP contribution in [-0.4, -0.2) is 25.6 Å². The highest BCUT2D eigenvalue weighted by Gasteiger charge is 2.14. The van der Waals surface area contributed by atoms with E-state index >= 15 is 0 Å². The molecule has 0 unspecified atom stereocenters. The first kappa shape index (κ1) is 17.0. The summed E-state index contributed by atoms with van der Waals surface area (Å²) in [7, 11) is -3.44. The second-order valence-electron chi connectivity index (χ2n) is 6.10. The third-order valence-corrected chi connectivity index (χ3v) is 4.40. The fourth-order valence-electron chi connectivity index (χ4n) is 2.79. The van der Waals surface area contributed by atoms with Crippen LogP contribution in [0.2, 0.25) is 0 Å². The summed E-state index contributed by atoms with van der Waals surface area (Å²) < 4.78 is 25.3. The number of carbonyl (C=O) groups is 1. The molecule has 0 aliphatic carbocycles. The van der Waals surface area contributed by atoms with Gasteiger partial charge in [0.2, 0.25) is 10.0 Å². The molecule has 7 heteroatoms. The number of sulfonamides is 1. The minimum absolute atomic E-state index is 0.321. The van der Waals surface area contributed by atoms with E-state index in [1.165, 1.54) is 0 Å². The highest BCUT2D eigenvalue weighted by atomic mass is 32.2. The van der Waals surface area contributed by atoms with Crippen LogP contribution in [0.3, 0.4) is 0 Å². The Kier molecular flexibility index (Phi) is 4.26. The maximum Gasteiger partial charge on any atom is 0.272 e. The van der Waals surface area contributed by atoms with Gasteiger partial charge in [-0.05, 0) is 49.2 Å². The number of hydrogen-bond acceptors (Lipinski definition) is 3. The number of anilines is 2. The molecule has 3 N–H and O–H groups in total. The van der Waals surface area contributed by atoms with E-state index in [0.717, 1.165) is 28.3 Å². The third-order valence-electron chi connectivity index (χ3n) is 3.80. The SMILES string of the molecule is Cc1cc(C)c2cc(C(=O)Nc3ccccc3NS(C)(=O)=O)[nH]c2c1. The zero-order valence-electron chi connectivity index (χ0n) is 14.2. The van der Waals surface area contributed by atoms with E-state index in [0.29, 0.717) is 17.1 Å². The molecule has 3 aromatic rings. The first-order chi connectivity index (χ1) is 11.7. The van der Waals surface area contributed by atoms with Crippen molar-refractivity contribution >= 4 is 38.2 Å². The van der Waals surface area contributed by atoms with Gasteiger partial charge in [0.15, 0.2) is 0 Å². The summed E-state index contributed by atoms with van der Waals surface area (Å²) in [6.07, 6.45) is 1.06. The van der Waals surface area contributed by atoms with Crippen molar-refractivity contribution in [3.05, 3.63) is 59.3 Å². The normalized spacial score (nSPS) is 11.5. The van der Waals surface area contributed by atoms with Crippen molar-refractivity contribution < 1.29 is 13.2 Å². The maximum atomic E-state index is 12.6. The van der Waals surface area contributed by atoms with Crippen molar-refractivity contribution in [2.75, 3.05) is 16.3 Å². The van der Waals surface area contributed by atoms with Crippen LogP contribution in [0.4, 0.5) is 11.4 Å². The quantitative estimate of drug-likeness (QED) is 0.668. The number of hydrogen-bond donors (Lipinski definition) is 3. The molecule has 0 saturated heterocycles. The number of H-pyrrole nitrogens is 1. The van der Waals surface area contributed by atoms with Crippen LogP contribution in [0.25, 0.3) is 10.9 Å². The van der Waals surface area contributed by atoms with E-state index in [9.17, 15) is 13.2 Å². The first-order valence-corrected chi connectivity index (χ1v) is 9.60. The number of benzene rings is 2. The number of para-hydroxylation sites is 2. The molecular formula is C18H19N3O3S. The van der Waals surface area contributed by atoms with Crippen molar-refractivity contribution in [2.45, 2.75) is 13.8 Å². The molecule has 0 aliphatic heterocycles. The zero-order valence-corrected chi connectivity index (χ0v) is 15.0. The van der Waals surface area contributed by atoms with Gasteiger partial charge in [-0.15, -0.1) is 0 Å². The van der Waals surface area contributed by atoms with E-state index in [1.54, 1.807) is 30.3 Å². The lowest BCUT2D eigenvalue weighted by Gasteiger charge is -2.11. The van der Waals surface area contributed by atoms with E-state index in [4.69, 9.17) is 0 Å². The summed E-state index contributed by atoms with van der Waals surface area (Å²) in [6, 6.07) is 12.5. The Morgan fingerprint density at radius 3 is 2.40 bits per heavy atom. The van der Waals surface area contributed by atoms with Crippen molar-refractivity contribution in [1.82, 2.24) is 4.98 Å². The second-order valence-corrected chi connectivity index (χ2v) is 7.85. The number of aromatic nitrogens is 1. The molecular weight excluding hydrogens is 338 g/mol. The number of fused-ring (bicyclic) bond motifs is 1. The van der Waals surface area contributed by atoms with Crippen LogP contribution >= 0.6 is 0 Å². The molecule has 0 fully saturated rings. The topological polar surface area (TPSA) is 91.1 Å². The number of amides is 1. The smallest absolute Gasteiger partial charge is 0.272 e. The van der Waals surface area contributed by atoms with Crippen LogP contribution < -0.4 is 10.0 Å². The Hall–Kier alpha value is -2.80. The lowest BCUT2D eigenvalue weighted by Crippen LogP contribution is -2.16. The van der Waals surface area contributed by atoms with Gasteiger partial charge in [-0.1, -0.05) is 18.2 Å². The van der Waals surface area contributed by atoms with Crippen molar-refractivity contribution in [3.63, 3.8) is 0 Å². The standard InChI is InChI=1S/C18H19N3O3S/c1-11-8-12(2)13-10-17(19-16(13)9-11)18(22)20-14-6-4-5-7-15(14)21-25(3,23)24/h4-10,19,21H,1-3H3,(H,20,22). The van der Waals surface area contributed by atoms with Crippen molar-refractivity contribution in [3.8, 4) is 0 Å². The highest BCUT2D eigenvalue weighted by molar-refractivity contribution is 7.92. The Morgan fingerprint density at radius 1 is 1.04 bits per heavy atom. The van der Waals surface area contributed by atoms with Crippen molar-refractivity contribution in [1.29, 1.82) is 0 Å². The molecule has 0 saturated carbocycles. The fraction of sp³-hybridized carbons (Fsp3) is 0.167. The Bertz CT molecular complexity index is 1070. The average Bonchev–Trinajstić information content (AvgIpc) is 2.92. The van der Waals surface area contributed by atoms with Gasteiger partial charge in [0, 0.05) is 10.9 Å². The van der Waals surface area contributed by atoms with Gasteiger partial charge in [0.25, 0.3) is 5.91 Å². The van der Waals surface area contributed by atoms with E-state index < -0.39 is 10.0 Å². The van der Waals surface area contributed by atoms with E-state index in [1.807, 2.05) is 19.9 Å². The van der Waals surface area contributed by atoms with Crippen LogP contribution in [0.15, 0.2) is 42.5 Å². The highest BCUT2D eigenvalue weighted by Crippen LogP contribution is 2.25.